The summed E-state index contributed by atoms with van der Waals surface area (Å²) in [5, 5.41) is 5.49. The predicted molar refractivity (Wildman–Crippen MR) is 74.6 cm³/mol. The minimum absolute atomic E-state index is 0.127. The minimum Gasteiger partial charge on any atom is -0.379 e. The highest BCUT2D eigenvalue weighted by Gasteiger charge is 2.14. The largest absolute Gasteiger partial charge is 0.379 e. The lowest BCUT2D eigenvalue weighted by Gasteiger charge is -2.26. The Hall–Kier alpha value is -1.60. The lowest BCUT2D eigenvalue weighted by atomic mass is 10.2. The molecule has 0 bridgehead atoms. The number of hydrogen-bond acceptors (Lipinski definition) is 4. The van der Waals surface area contributed by atoms with Crippen molar-refractivity contribution in [1.82, 2.24) is 20.0 Å². The zero-order chi connectivity index (χ0) is 14.5. The monoisotopic (exact) mass is 282 g/mol. The average Bonchev–Trinajstić information content (AvgIpc) is 2.70. The minimum atomic E-state index is -0.134. The van der Waals surface area contributed by atoms with Gasteiger partial charge in [0.15, 0.2) is 0 Å². The number of carbonyl (C=O) groups excluding carboxylic acids is 1. The zero-order valence-electron chi connectivity index (χ0n) is 12.1. The number of rotatable bonds is 5. The van der Waals surface area contributed by atoms with E-state index in [1.807, 2.05) is 11.6 Å². The number of aromatic nitrogens is 2. The van der Waals surface area contributed by atoms with Crippen molar-refractivity contribution >= 4 is 5.91 Å². The van der Waals surface area contributed by atoms with Crippen LogP contribution in [0.1, 0.15) is 18.2 Å². The van der Waals surface area contributed by atoms with E-state index in [1.165, 1.54) is 6.92 Å². The van der Waals surface area contributed by atoms with Gasteiger partial charge < -0.3 is 10.1 Å². The number of nitrogens with zero attached hydrogens (tertiary/aromatic N) is 2. The first kappa shape index (κ1) is 14.8. The van der Waals surface area contributed by atoms with E-state index in [1.54, 1.807) is 0 Å². The van der Waals surface area contributed by atoms with Crippen molar-refractivity contribution in [1.29, 1.82) is 0 Å². The second-order valence-electron chi connectivity index (χ2n) is 5.02. The van der Waals surface area contributed by atoms with E-state index in [4.69, 9.17) is 4.74 Å². The number of aromatic amines is 1. The molecule has 1 saturated heterocycles. The molecule has 7 nitrogen and oxygen atoms in total. The fourth-order valence-electron chi connectivity index (χ4n) is 2.31. The Morgan fingerprint density at radius 2 is 2.05 bits per heavy atom. The van der Waals surface area contributed by atoms with E-state index < -0.39 is 0 Å². The van der Waals surface area contributed by atoms with Crippen molar-refractivity contribution in [2.45, 2.75) is 26.9 Å². The van der Waals surface area contributed by atoms with Gasteiger partial charge in [-0.3, -0.25) is 24.3 Å². The van der Waals surface area contributed by atoms with Crippen LogP contribution >= 0.6 is 0 Å². The van der Waals surface area contributed by atoms with Crippen LogP contribution in [0.5, 0.6) is 0 Å². The van der Waals surface area contributed by atoms with Gasteiger partial charge in [0.25, 0.3) is 5.56 Å². The normalized spacial score (nSPS) is 16.3. The van der Waals surface area contributed by atoms with Gasteiger partial charge in [0.2, 0.25) is 5.91 Å². The molecule has 1 aromatic rings. The van der Waals surface area contributed by atoms with Crippen molar-refractivity contribution < 1.29 is 9.53 Å². The third-order valence-electron chi connectivity index (χ3n) is 3.61. The lowest BCUT2D eigenvalue weighted by molar-refractivity contribution is -0.119. The van der Waals surface area contributed by atoms with E-state index in [0.29, 0.717) is 5.56 Å². The summed E-state index contributed by atoms with van der Waals surface area (Å²) in [6.45, 7) is 8.65. The number of ether oxygens (including phenoxy) is 1. The van der Waals surface area contributed by atoms with Gasteiger partial charge in [0.1, 0.15) is 0 Å². The number of H-pyrrole nitrogens is 1. The first-order chi connectivity index (χ1) is 9.58. The molecule has 2 N–H and O–H groups in total. The van der Waals surface area contributed by atoms with Gasteiger partial charge >= 0.3 is 0 Å². The Kier molecular flexibility index (Phi) is 4.97. The van der Waals surface area contributed by atoms with Crippen LogP contribution in [0.15, 0.2) is 4.79 Å². The summed E-state index contributed by atoms with van der Waals surface area (Å²) >= 11 is 0. The molecule has 1 aliphatic heterocycles. The van der Waals surface area contributed by atoms with E-state index in [-0.39, 0.29) is 18.0 Å². The van der Waals surface area contributed by atoms with Crippen molar-refractivity contribution in [2.24, 2.45) is 0 Å². The molecule has 1 aromatic heterocycles. The van der Waals surface area contributed by atoms with Crippen LogP contribution in [0.4, 0.5) is 0 Å². The molecular formula is C13H22N4O3. The Balaban J connectivity index is 1.96. The van der Waals surface area contributed by atoms with E-state index >= 15 is 0 Å². The fourth-order valence-corrected chi connectivity index (χ4v) is 2.31. The van der Waals surface area contributed by atoms with Crippen molar-refractivity contribution in [2.75, 3.05) is 32.8 Å². The summed E-state index contributed by atoms with van der Waals surface area (Å²) in [6, 6.07) is 0. The number of amides is 1. The smallest absolute Gasteiger partial charge is 0.269 e. The van der Waals surface area contributed by atoms with Crippen LogP contribution in [0.2, 0.25) is 0 Å². The molecule has 1 amide bonds. The van der Waals surface area contributed by atoms with Crippen LogP contribution in [-0.4, -0.2) is 53.4 Å². The molecule has 0 saturated carbocycles. The maximum atomic E-state index is 11.9. The second kappa shape index (κ2) is 6.71. The predicted octanol–water partition coefficient (Wildman–Crippen LogP) is -0.547. The maximum absolute atomic E-state index is 11.9. The number of nitrogens with one attached hydrogen (secondary N) is 2. The Labute approximate surface area is 117 Å². The summed E-state index contributed by atoms with van der Waals surface area (Å²) in [5.41, 5.74) is 1.39. The second-order valence-corrected chi connectivity index (χ2v) is 5.02. The van der Waals surface area contributed by atoms with Gasteiger partial charge in [-0.25, -0.2) is 0 Å². The number of carbonyl (C=O) groups is 1. The highest BCUT2D eigenvalue weighted by Crippen LogP contribution is 2.03. The Morgan fingerprint density at radius 1 is 1.35 bits per heavy atom. The summed E-state index contributed by atoms with van der Waals surface area (Å²) < 4.78 is 7.16. The molecule has 2 heterocycles. The van der Waals surface area contributed by atoms with Crippen LogP contribution < -0.4 is 10.9 Å². The zero-order valence-corrected chi connectivity index (χ0v) is 12.1. The number of hydrogen-bond donors (Lipinski definition) is 2. The highest BCUT2D eigenvalue weighted by molar-refractivity contribution is 5.72. The molecule has 1 fully saturated rings. The summed E-state index contributed by atoms with van der Waals surface area (Å²) in [7, 11) is 0. The maximum Gasteiger partial charge on any atom is 0.269 e. The molecule has 7 heteroatoms. The van der Waals surface area contributed by atoms with Crippen LogP contribution in [-0.2, 0) is 22.6 Å². The SMILES string of the molecule is CC(=O)NCc1c(C)n(CCN2CCOCC2)[nH]c1=O. The van der Waals surface area contributed by atoms with E-state index in [2.05, 4.69) is 15.3 Å². The molecule has 0 aromatic carbocycles. The van der Waals surface area contributed by atoms with Crippen LogP contribution in [0.25, 0.3) is 0 Å². The van der Waals surface area contributed by atoms with Gasteiger partial charge in [0.05, 0.1) is 31.9 Å². The molecule has 0 unspecified atom stereocenters. The first-order valence-electron chi connectivity index (χ1n) is 6.90. The Morgan fingerprint density at radius 3 is 2.70 bits per heavy atom. The molecular weight excluding hydrogens is 260 g/mol. The first-order valence-corrected chi connectivity index (χ1v) is 6.90. The standard InChI is InChI=1S/C13H22N4O3/c1-10-12(9-14-11(2)18)13(19)15-17(10)4-3-16-5-7-20-8-6-16/h3-9H2,1-2H3,(H,14,18)(H,15,19). The molecule has 0 aliphatic carbocycles. The molecule has 112 valence electrons. The van der Waals surface area contributed by atoms with Gasteiger partial charge in [-0.2, -0.15) is 0 Å². The van der Waals surface area contributed by atoms with Crippen molar-refractivity contribution in [3.63, 3.8) is 0 Å². The molecule has 1 aliphatic rings. The fraction of sp³-hybridized carbons (Fsp3) is 0.692. The summed E-state index contributed by atoms with van der Waals surface area (Å²) in [4.78, 5) is 25.1. The van der Waals surface area contributed by atoms with Gasteiger partial charge in [-0.1, -0.05) is 0 Å². The Bertz CT molecular complexity index is 514. The third kappa shape index (κ3) is 3.71. The van der Waals surface area contributed by atoms with Crippen molar-refractivity contribution in [3.05, 3.63) is 21.6 Å². The molecule has 0 atom stereocenters. The molecule has 0 radical (unpaired) electrons. The van der Waals surface area contributed by atoms with Crippen LogP contribution in [0, 0.1) is 6.92 Å². The molecule has 2 rings (SSSR count). The van der Waals surface area contributed by atoms with Gasteiger partial charge in [-0.05, 0) is 6.92 Å². The number of morpholine rings is 1. The van der Waals surface area contributed by atoms with Crippen molar-refractivity contribution in [3.8, 4) is 0 Å². The van der Waals surface area contributed by atoms with Gasteiger partial charge in [-0.15, -0.1) is 0 Å². The highest BCUT2D eigenvalue weighted by atomic mass is 16.5. The molecule has 0 spiro atoms. The van der Waals surface area contributed by atoms with Gasteiger partial charge in [0, 0.05) is 32.3 Å². The van der Waals surface area contributed by atoms with Crippen LogP contribution in [0.3, 0.4) is 0 Å². The third-order valence-corrected chi connectivity index (χ3v) is 3.61. The molecule has 20 heavy (non-hydrogen) atoms. The summed E-state index contributed by atoms with van der Waals surface area (Å²) in [5.74, 6) is -0.134. The lowest BCUT2D eigenvalue weighted by Crippen LogP contribution is -2.38. The summed E-state index contributed by atoms with van der Waals surface area (Å²) in [6.07, 6.45) is 0. The quantitative estimate of drug-likeness (QED) is 0.760. The topological polar surface area (TPSA) is 79.4 Å². The average molecular weight is 282 g/mol. The van der Waals surface area contributed by atoms with E-state index in [9.17, 15) is 9.59 Å². The van der Waals surface area contributed by atoms with E-state index in [0.717, 1.165) is 45.1 Å².